The normalized spacial score (nSPS) is 21.2. The first kappa shape index (κ1) is 26.7. The summed E-state index contributed by atoms with van der Waals surface area (Å²) in [6.45, 7) is 5.68. The van der Waals surface area contributed by atoms with Crippen LogP contribution >= 0.6 is 11.8 Å². The Bertz CT molecular complexity index is 1210. The van der Waals surface area contributed by atoms with Gasteiger partial charge in [0.1, 0.15) is 6.61 Å². The molecule has 0 saturated carbocycles. The Balaban J connectivity index is 1.57. The Morgan fingerprint density at radius 2 is 1.97 bits per heavy atom. The van der Waals surface area contributed by atoms with Gasteiger partial charge in [-0.1, -0.05) is 67.7 Å². The first-order valence-corrected chi connectivity index (χ1v) is 12.9. The number of amides is 1. The molecule has 1 amide bonds. The molecule has 2 N–H and O–H groups in total. The molecule has 0 radical (unpaired) electrons. The van der Waals surface area contributed by atoms with Crippen molar-refractivity contribution in [2.45, 2.75) is 37.1 Å². The van der Waals surface area contributed by atoms with Crippen molar-refractivity contribution >= 4 is 23.5 Å². The van der Waals surface area contributed by atoms with Crippen molar-refractivity contribution in [3.05, 3.63) is 107 Å². The molecule has 3 aromatic rings. The second-order valence-electron chi connectivity index (χ2n) is 8.64. The highest BCUT2D eigenvalue weighted by Gasteiger charge is 2.38. The number of rotatable bonds is 9. The summed E-state index contributed by atoms with van der Waals surface area (Å²) in [5.41, 5.74) is 3.06. The summed E-state index contributed by atoms with van der Waals surface area (Å²) in [5.74, 6) is 0.521. The number of pyridine rings is 1. The quantitative estimate of drug-likeness (QED) is 0.174. The van der Waals surface area contributed by atoms with Crippen LogP contribution in [0.2, 0.25) is 0 Å². The molecule has 1 aliphatic heterocycles. The minimum Gasteiger partial charge on any atom is -0.618 e. The molecule has 4 rings (SSSR count). The number of nitrogens with one attached hydrogen (secondary N) is 1. The van der Waals surface area contributed by atoms with E-state index in [2.05, 4.69) is 18.8 Å². The molecule has 37 heavy (non-hydrogen) atoms. The zero-order chi connectivity index (χ0) is 26.2. The Kier molecular flexibility index (Phi) is 9.19. The molecule has 0 aliphatic carbocycles. The summed E-state index contributed by atoms with van der Waals surface area (Å²) in [5, 5.41) is 24.9. The summed E-state index contributed by atoms with van der Waals surface area (Å²) < 4.78 is 18.7. The summed E-state index contributed by atoms with van der Waals surface area (Å²) >= 11 is 1.43. The fourth-order valence-corrected chi connectivity index (χ4v) is 5.13. The zero-order valence-electron chi connectivity index (χ0n) is 20.5. The van der Waals surface area contributed by atoms with Gasteiger partial charge in [-0.25, -0.2) is 4.79 Å². The van der Waals surface area contributed by atoms with E-state index in [9.17, 15) is 15.1 Å². The van der Waals surface area contributed by atoms with E-state index in [0.717, 1.165) is 21.4 Å². The van der Waals surface area contributed by atoms with Crippen molar-refractivity contribution in [1.82, 2.24) is 0 Å². The average Bonchev–Trinajstić information content (AvgIpc) is 2.92. The van der Waals surface area contributed by atoms with Gasteiger partial charge in [0, 0.05) is 35.1 Å². The minimum atomic E-state index is -0.703. The standard InChI is InChI=1S/C28H30N2O6S/c1-3-15-34-28(32)29-23-8-6-7-22(16-23)27-35-24(18-37-25-9-4-5-14-30(25)33)19(2)26(36-27)21-12-10-20(17-31)11-13-21/h3-14,16,19,24,26-27,31H,1,15,17-18H2,2H3,(H,29,32)/t19-,24+,26+,27+/m0/s1. The summed E-state index contributed by atoms with van der Waals surface area (Å²) in [6, 6.07) is 20.2. The van der Waals surface area contributed by atoms with Gasteiger partial charge in [0.2, 0.25) is 0 Å². The first-order valence-electron chi connectivity index (χ1n) is 11.9. The number of hydrogen-bond acceptors (Lipinski definition) is 7. The van der Waals surface area contributed by atoms with Crippen molar-refractivity contribution in [2.24, 2.45) is 5.92 Å². The number of carbonyl (C=O) groups excluding carboxylic acids is 1. The molecule has 8 nitrogen and oxygen atoms in total. The van der Waals surface area contributed by atoms with Crippen molar-refractivity contribution in [3.63, 3.8) is 0 Å². The Hall–Kier alpha value is -3.37. The van der Waals surface area contributed by atoms with Gasteiger partial charge >= 0.3 is 6.09 Å². The van der Waals surface area contributed by atoms with E-state index in [1.165, 1.54) is 24.0 Å². The molecular formula is C28H30N2O6S. The number of hydrogen-bond donors (Lipinski definition) is 2. The fraction of sp³-hybridized carbons (Fsp3) is 0.286. The summed E-state index contributed by atoms with van der Waals surface area (Å²) in [6.07, 6.45) is 1.16. The smallest absolute Gasteiger partial charge is 0.411 e. The van der Waals surface area contributed by atoms with Crippen LogP contribution in [-0.4, -0.2) is 29.7 Å². The highest BCUT2D eigenvalue weighted by atomic mass is 32.2. The van der Waals surface area contributed by atoms with Crippen LogP contribution in [-0.2, 0) is 20.8 Å². The molecule has 9 heteroatoms. The predicted molar refractivity (Wildman–Crippen MR) is 141 cm³/mol. The maximum Gasteiger partial charge on any atom is 0.411 e. The molecule has 4 atom stereocenters. The number of benzene rings is 2. The van der Waals surface area contributed by atoms with Crippen molar-refractivity contribution < 1.29 is 28.8 Å². The number of thioether (sulfide) groups is 1. The lowest BCUT2D eigenvalue weighted by molar-refractivity contribution is -0.645. The monoisotopic (exact) mass is 522 g/mol. The van der Waals surface area contributed by atoms with Crippen LogP contribution < -0.4 is 10.0 Å². The second-order valence-corrected chi connectivity index (χ2v) is 9.68. The lowest BCUT2D eigenvalue weighted by atomic mass is 9.91. The highest BCUT2D eigenvalue weighted by molar-refractivity contribution is 7.99. The third kappa shape index (κ3) is 6.90. The number of nitrogens with zero attached hydrogens (tertiary/aromatic N) is 1. The molecule has 0 unspecified atom stereocenters. The third-order valence-electron chi connectivity index (χ3n) is 6.04. The first-order chi connectivity index (χ1) is 18.0. The van der Waals surface area contributed by atoms with Crippen LogP contribution in [0.5, 0.6) is 0 Å². The van der Waals surface area contributed by atoms with Crippen LogP contribution in [0.4, 0.5) is 10.5 Å². The van der Waals surface area contributed by atoms with Crippen LogP contribution in [0.1, 0.15) is 36.0 Å². The molecule has 1 aliphatic rings. The molecule has 0 bridgehead atoms. The third-order valence-corrected chi connectivity index (χ3v) is 7.15. The second kappa shape index (κ2) is 12.7. The molecule has 194 valence electrons. The molecule has 0 spiro atoms. The van der Waals surface area contributed by atoms with Crippen molar-refractivity contribution in [2.75, 3.05) is 17.7 Å². The van der Waals surface area contributed by atoms with Gasteiger partial charge in [-0.3, -0.25) is 5.32 Å². The lowest BCUT2D eigenvalue weighted by Gasteiger charge is -2.41. The van der Waals surface area contributed by atoms with Crippen LogP contribution in [0.15, 0.2) is 90.6 Å². The average molecular weight is 523 g/mol. The Morgan fingerprint density at radius 3 is 2.70 bits per heavy atom. The fourth-order valence-electron chi connectivity index (χ4n) is 4.05. The maximum absolute atomic E-state index is 12.2. The number of aliphatic hydroxyl groups is 1. The summed E-state index contributed by atoms with van der Waals surface area (Å²) in [4.78, 5) is 12.0. The van der Waals surface area contributed by atoms with Crippen LogP contribution in [0.25, 0.3) is 0 Å². The molecule has 1 saturated heterocycles. The number of aromatic nitrogens is 1. The van der Waals surface area contributed by atoms with Gasteiger partial charge in [0.15, 0.2) is 12.5 Å². The number of ether oxygens (including phenoxy) is 3. The van der Waals surface area contributed by atoms with Gasteiger partial charge in [-0.05, 0) is 29.3 Å². The van der Waals surface area contributed by atoms with Crippen LogP contribution in [0, 0.1) is 11.1 Å². The molecule has 2 aromatic carbocycles. The summed E-state index contributed by atoms with van der Waals surface area (Å²) in [7, 11) is 0. The zero-order valence-corrected chi connectivity index (χ0v) is 21.3. The van der Waals surface area contributed by atoms with Crippen molar-refractivity contribution in [3.8, 4) is 0 Å². The highest BCUT2D eigenvalue weighted by Crippen LogP contribution is 2.43. The Labute approximate surface area is 220 Å². The van der Waals surface area contributed by atoms with E-state index < -0.39 is 12.4 Å². The van der Waals surface area contributed by atoms with Gasteiger partial charge in [-0.15, -0.1) is 0 Å². The lowest BCUT2D eigenvalue weighted by Crippen LogP contribution is -2.39. The number of carbonyl (C=O) groups is 1. The molecular weight excluding hydrogens is 492 g/mol. The predicted octanol–water partition coefficient (Wildman–Crippen LogP) is 5.13. The van der Waals surface area contributed by atoms with Gasteiger partial charge in [0.05, 0.1) is 18.8 Å². The SMILES string of the molecule is C=CCOC(=O)Nc1cccc([C@@H]2O[C@H](CSc3cccc[n+]3[O-])[C@H](C)[C@H](c3ccc(CO)cc3)O2)c1. The van der Waals surface area contributed by atoms with E-state index in [1.54, 1.807) is 24.3 Å². The molecule has 2 heterocycles. The van der Waals surface area contributed by atoms with E-state index >= 15 is 0 Å². The van der Waals surface area contributed by atoms with E-state index in [1.807, 2.05) is 42.5 Å². The largest absolute Gasteiger partial charge is 0.618 e. The number of anilines is 1. The van der Waals surface area contributed by atoms with Crippen LogP contribution in [0.3, 0.4) is 0 Å². The van der Waals surface area contributed by atoms with Gasteiger partial charge in [-0.2, -0.15) is 4.73 Å². The molecule has 1 aromatic heterocycles. The van der Waals surface area contributed by atoms with E-state index in [4.69, 9.17) is 14.2 Å². The van der Waals surface area contributed by atoms with E-state index in [-0.39, 0.29) is 31.3 Å². The maximum atomic E-state index is 12.2. The number of aliphatic hydroxyl groups excluding tert-OH is 1. The van der Waals surface area contributed by atoms with Crippen molar-refractivity contribution in [1.29, 1.82) is 0 Å². The van der Waals surface area contributed by atoms with E-state index in [0.29, 0.717) is 16.5 Å². The van der Waals surface area contributed by atoms with Gasteiger partial charge in [0.25, 0.3) is 5.03 Å². The van der Waals surface area contributed by atoms with Gasteiger partial charge < -0.3 is 24.5 Å². The topological polar surface area (TPSA) is 104 Å². The Morgan fingerprint density at radius 1 is 1.16 bits per heavy atom. The minimum absolute atomic E-state index is 0.0253. The molecule has 1 fully saturated rings.